The fourth-order valence-electron chi connectivity index (χ4n) is 5.80. The Bertz CT molecular complexity index is 1110. The highest BCUT2D eigenvalue weighted by atomic mass is 19.1. The van der Waals surface area contributed by atoms with E-state index in [9.17, 15) is 34.1 Å². The molecule has 2 amide bonds. The highest BCUT2D eigenvalue weighted by molar-refractivity contribution is 6.05. The molecule has 0 bridgehead atoms. The van der Waals surface area contributed by atoms with Gasteiger partial charge in [0.2, 0.25) is 11.8 Å². The van der Waals surface area contributed by atoms with Gasteiger partial charge in [0.1, 0.15) is 0 Å². The summed E-state index contributed by atoms with van der Waals surface area (Å²) in [4.78, 5) is 38.3. The van der Waals surface area contributed by atoms with Crippen molar-refractivity contribution in [3.63, 3.8) is 0 Å². The molecular formula is C29H38FNO7. The van der Waals surface area contributed by atoms with E-state index in [1.807, 2.05) is 19.9 Å². The maximum atomic E-state index is 13.7. The molecule has 38 heavy (non-hydrogen) atoms. The number of fused-ring (bicyclic) bond motifs is 1. The van der Waals surface area contributed by atoms with Crippen LogP contribution in [-0.2, 0) is 14.4 Å². The van der Waals surface area contributed by atoms with Crippen molar-refractivity contribution < 1.29 is 39.2 Å². The fourth-order valence-corrected chi connectivity index (χ4v) is 5.80. The summed E-state index contributed by atoms with van der Waals surface area (Å²) in [7, 11) is 0. The second kappa shape index (κ2) is 13.2. The highest BCUT2D eigenvalue weighted by Gasteiger charge is 2.54. The Balaban J connectivity index is 1.69. The maximum Gasteiger partial charge on any atom is 0.303 e. The molecule has 1 aromatic carbocycles. The molecule has 0 spiro atoms. The zero-order chi connectivity index (χ0) is 28.0. The standard InChI is InChI=1S/C29H38FNO7/c1-3-18(14-19-9-10-23(33)22(30)15-19)8-11-24(34)26-17(2)13-20-27(21(26)16-32)29(38)31(28(20)37)12-6-4-5-7-25(35)36/h9-10,14-15,20-21,24,27,32-34H,3-8,11-13,16H2,1-2H3,(H,35,36)/b18-14+/t20-,21+,24-,27-/m1/s1. The zero-order valence-electron chi connectivity index (χ0n) is 22.0. The van der Waals surface area contributed by atoms with Crippen molar-refractivity contribution in [2.24, 2.45) is 17.8 Å². The fraction of sp³-hybridized carbons (Fsp3) is 0.552. The van der Waals surface area contributed by atoms with E-state index in [-0.39, 0.29) is 31.4 Å². The zero-order valence-corrected chi connectivity index (χ0v) is 22.0. The molecule has 0 unspecified atom stereocenters. The first-order valence-corrected chi connectivity index (χ1v) is 13.3. The molecule has 0 saturated carbocycles. The van der Waals surface area contributed by atoms with Gasteiger partial charge in [-0.05, 0) is 68.7 Å². The van der Waals surface area contributed by atoms with Crippen molar-refractivity contribution in [2.45, 2.75) is 71.3 Å². The number of aliphatic hydroxyl groups is 2. The third kappa shape index (κ3) is 6.69. The largest absolute Gasteiger partial charge is 0.505 e. The number of halogens is 1. The molecule has 4 atom stereocenters. The molecule has 4 N–H and O–H groups in total. The monoisotopic (exact) mass is 531 g/mol. The summed E-state index contributed by atoms with van der Waals surface area (Å²) < 4.78 is 13.7. The average Bonchev–Trinajstić information content (AvgIpc) is 3.11. The molecule has 1 aromatic rings. The second-order valence-electron chi connectivity index (χ2n) is 10.3. The van der Waals surface area contributed by atoms with E-state index >= 15 is 0 Å². The summed E-state index contributed by atoms with van der Waals surface area (Å²) in [6.07, 6.45) is 4.43. The predicted molar refractivity (Wildman–Crippen MR) is 139 cm³/mol. The van der Waals surface area contributed by atoms with Crippen molar-refractivity contribution in [3.05, 3.63) is 46.3 Å². The lowest BCUT2D eigenvalue weighted by Gasteiger charge is -2.35. The number of carboxylic acid groups (broad SMARTS) is 1. The number of allylic oxidation sites excluding steroid dienone is 2. The van der Waals surface area contributed by atoms with Gasteiger partial charge in [-0.3, -0.25) is 19.3 Å². The number of carbonyl (C=O) groups is 3. The van der Waals surface area contributed by atoms with E-state index < -0.39 is 41.4 Å². The number of phenolic OH excluding ortho intramolecular Hbond substituents is 1. The van der Waals surface area contributed by atoms with Gasteiger partial charge >= 0.3 is 5.97 Å². The third-order valence-electron chi connectivity index (χ3n) is 7.78. The summed E-state index contributed by atoms with van der Waals surface area (Å²) in [5, 5.41) is 39.6. The van der Waals surface area contributed by atoms with Gasteiger partial charge in [-0.2, -0.15) is 0 Å². The van der Waals surface area contributed by atoms with E-state index in [0.717, 1.165) is 11.1 Å². The van der Waals surface area contributed by atoms with Crippen molar-refractivity contribution in [1.82, 2.24) is 4.90 Å². The minimum Gasteiger partial charge on any atom is -0.505 e. The van der Waals surface area contributed by atoms with E-state index in [0.29, 0.717) is 56.1 Å². The Labute approximate surface area is 222 Å². The number of aliphatic carboxylic acids is 1. The Kier molecular flexibility index (Phi) is 10.2. The van der Waals surface area contributed by atoms with E-state index in [1.165, 1.54) is 17.0 Å². The number of rotatable bonds is 13. The number of hydrogen-bond donors (Lipinski definition) is 4. The van der Waals surface area contributed by atoms with E-state index in [4.69, 9.17) is 5.11 Å². The quantitative estimate of drug-likeness (QED) is 0.171. The molecule has 1 fully saturated rings. The van der Waals surface area contributed by atoms with Crippen molar-refractivity contribution in [3.8, 4) is 5.75 Å². The Hall–Kier alpha value is -3.04. The number of amides is 2. The first-order valence-electron chi connectivity index (χ1n) is 13.3. The van der Waals surface area contributed by atoms with Crippen molar-refractivity contribution >= 4 is 23.9 Å². The van der Waals surface area contributed by atoms with Gasteiger partial charge in [-0.25, -0.2) is 4.39 Å². The number of nitrogens with zero attached hydrogens (tertiary/aromatic N) is 1. The molecule has 1 heterocycles. The topological polar surface area (TPSA) is 135 Å². The molecule has 208 valence electrons. The van der Waals surface area contributed by atoms with Crippen LogP contribution in [0.2, 0.25) is 0 Å². The lowest BCUT2D eigenvalue weighted by molar-refractivity contribution is -0.141. The Morgan fingerprint density at radius 3 is 2.55 bits per heavy atom. The SMILES string of the molecule is CC/C(=C\c1ccc(O)c(F)c1)CC[C@@H](O)C1=C(C)C[C@H]2C(=O)N(CCCCCC(=O)O)C(=O)[C@H]2[C@H]1CO. The number of hydrogen-bond acceptors (Lipinski definition) is 6. The summed E-state index contributed by atoms with van der Waals surface area (Å²) in [6, 6.07) is 4.15. The number of imide groups is 1. The lowest BCUT2D eigenvalue weighted by atomic mass is 9.68. The molecule has 0 aromatic heterocycles. The lowest BCUT2D eigenvalue weighted by Crippen LogP contribution is -2.39. The average molecular weight is 532 g/mol. The van der Waals surface area contributed by atoms with Crippen molar-refractivity contribution in [2.75, 3.05) is 13.2 Å². The molecule has 8 nitrogen and oxygen atoms in total. The smallest absolute Gasteiger partial charge is 0.303 e. The summed E-state index contributed by atoms with van der Waals surface area (Å²) >= 11 is 0. The van der Waals surface area contributed by atoms with Crippen LogP contribution in [0.1, 0.15) is 70.8 Å². The van der Waals surface area contributed by atoms with Gasteiger partial charge < -0.3 is 20.4 Å². The molecule has 3 rings (SSSR count). The number of phenols is 1. The van der Waals surface area contributed by atoms with Crippen LogP contribution in [0.3, 0.4) is 0 Å². The van der Waals surface area contributed by atoms with Gasteiger partial charge in [0.05, 0.1) is 24.5 Å². The molecule has 1 aliphatic heterocycles. The first-order chi connectivity index (χ1) is 18.1. The van der Waals surface area contributed by atoms with Crippen LogP contribution in [0.25, 0.3) is 6.08 Å². The molecule has 1 saturated heterocycles. The first kappa shape index (κ1) is 29.5. The minimum atomic E-state index is -0.910. The summed E-state index contributed by atoms with van der Waals surface area (Å²) in [6.45, 7) is 3.65. The van der Waals surface area contributed by atoms with Gasteiger partial charge in [0.25, 0.3) is 0 Å². The number of carboxylic acids is 1. The van der Waals surface area contributed by atoms with Crippen LogP contribution in [0.15, 0.2) is 34.9 Å². The third-order valence-corrected chi connectivity index (χ3v) is 7.78. The van der Waals surface area contributed by atoms with Gasteiger partial charge in [-0.15, -0.1) is 0 Å². The minimum absolute atomic E-state index is 0.0465. The maximum absolute atomic E-state index is 13.7. The van der Waals surface area contributed by atoms with Crippen LogP contribution in [0.4, 0.5) is 4.39 Å². The Morgan fingerprint density at radius 1 is 1.18 bits per heavy atom. The molecular weight excluding hydrogens is 493 g/mol. The number of aromatic hydroxyl groups is 1. The van der Waals surface area contributed by atoms with Gasteiger partial charge in [0, 0.05) is 18.9 Å². The van der Waals surface area contributed by atoms with E-state index in [2.05, 4.69) is 0 Å². The number of unbranched alkanes of at least 4 members (excludes halogenated alkanes) is 2. The predicted octanol–water partition coefficient (Wildman–Crippen LogP) is 4.04. The van der Waals surface area contributed by atoms with Gasteiger partial charge in [-0.1, -0.05) is 36.6 Å². The van der Waals surface area contributed by atoms with Gasteiger partial charge in [0.15, 0.2) is 11.6 Å². The number of likely N-dealkylation sites (tertiary alicyclic amines) is 1. The molecule has 0 radical (unpaired) electrons. The number of carbonyl (C=O) groups excluding carboxylic acids is 2. The molecule has 9 heteroatoms. The van der Waals surface area contributed by atoms with Crippen LogP contribution in [0, 0.1) is 23.6 Å². The van der Waals surface area contributed by atoms with Crippen LogP contribution in [-0.4, -0.2) is 62.4 Å². The molecule has 2 aliphatic rings. The van der Waals surface area contributed by atoms with E-state index in [1.54, 1.807) is 6.07 Å². The summed E-state index contributed by atoms with van der Waals surface area (Å²) in [5.74, 6) is -4.54. The summed E-state index contributed by atoms with van der Waals surface area (Å²) in [5.41, 5.74) is 3.01. The Morgan fingerprint density at radius 2 is 1.92 bits per heavy atom. The normalized spacial score (nSPS) is 22.7. The van der Waals surface area contributed by atoms with Crippen LogP contribution >= 0.6 is 0 Å². The molecule has 1 aliphatic carbocycles. The second-order valence-corrected chi connectivity index (χ2v) is 10.3. The van der Waals surface area contributed by atoms with Crippen LogP contribution < -0.4 is 0 Å². The number of aliphatic hydroxyl groups excluding tert-OH is 2. The number of benzene rings is 1. The van der Waals surface area contributed by atoms with Crippen LogP contribution in [0.5, 0.6) is 5.75 Å². The van der Waals surface area contributed by atoms with Crippen molar-refractivity contribution in [1.29, 1.82) is 0 Å². The highest BCUT2D eigenvalue weighted by Crippen LogP contribution is 2.46.